The third-order valence-electron chi connectivity index (χ3n) is 2.85. The molecule has 0 spiro atoms. The van der Waals surface area contributed by atoms with Crippen molar-refractivity contribution >= 4 is 0 Å². The van der Waals surface area contributed by atoms with Crippen LogP contribution in [0.1, 0.15) is 33.1 Å². The Hall–Kier alpha value is -0.300. The molecule has 1 aliphatic carbocycles. The van der Waals surface area contributed by atoms with Gasteiger partial charge < -0.3 is 5.11 Å². The number of aliphatic hydroxyl groups excluding tert-OH is 1. The Kier molecular flexibility index (Phi) is 2.72. The van der Waals surface area contributed by atoms with Crippen molar-refractivity contribution < 1.29 is 5.11 Å². The molecule has 1 N–H and O–H groups in total. The van der Waals surface area contributed by atoms with Crippen molar-refractivity contribution in [3.63, 3.8) is 0 Å². The highest BCUT2D eigenvalue weighted by Crippen LogP contribution is 2.32. The van der Waals surface area contributed by atoms with Crippen molar-refractivity contribution in [2.45, 2.75) is 39.2 Å². The standard InChI is InChI=1S/C10H18O/c1-7(2)9-5-4-8(3)10(11)6-9/h8-11H,1,4-6H2,2-3H3/t8?,9?,10-/m0/s1. The first kappa shape index (κ1) is 8.79. The van der Waals surface area contributed by atoms with E-state index in [2.05, 4.69) is 20.4 Å². The Morgan fingerprint density at radius 3 is 2.55 bits per heavy atom. The molecule has 0 aromatic carbocycles. The maximum Gasteiger partial charge on any atom is 0.0571 e. The lowest BCUT2D eigenvalue weighted by Crippen LogP contribution is -2.27. The molecule has 0 aromatic rings. The minimum absolute atomic E-state index is 0.0922. The van der Waals surface area contributed by atoms with Crippen LogP contribution in [-0.4, -0.2) is 11.2 Å². The van der Waals surface area contributed by atoms with Gasteiger partial charge in [0.15, 0.2) is 0 Å². The Labute approximate surface area is 69.1 Å². The number of rotatable bonds is 1. The van der Waals surface area contributed by atoms with Crippen LogP contribution in [0.25, 0.3) is 0 Å². The minimum Gasteiger partial charge on any atom is -0.393 e. The van der Waals surface area contributed by atoms with Gasteiger partial charge in [-0.1, -0.05) is 19.1 Å². The number of allylic oxidation sites excluding steroid dienone is 1. The average Bonchev–Trinajstić information content (AvgIpc) is 1.94. The van der Waals surface area contributed by atoms with E-state index in [1.165, 1.54) is 12.0 Å². The average molecular weight is 154 g/mol. The molecule has 2 unspecified atom stereocenters. The summed E-state index contributed by atoms with van der Waals surface area (Å²) >= 11 is 0. The second-order valence-corrected chi connectivity index (χ2v) is 3.90. The predicted octanol–water partition coefficient (Wildman–Crippen LogP) is 2.36. The first-order valence-corrected chi connectivity index (χ1v) is 4.44. The van der Waals surface area contributed by atoms with Gasteiger partial charge in [-0.3, -0.25) is 0 Å². The normalized spacial score (nSPS) is 38.6. The van der Waals surface area contributed by atoms with Gasteiger partial charge in [0.2, 0.25) is 0 Å². The molecule has 0 aromatic heterocycles. The first-order valence-electron chi connectivity index (χ1n) is 4.44. The van der Waals surface area contributed by atoms with E-state index in [-0.39, 0.29) is 6.10 Å². The molecule has 0 heterocycles. The summed E-state index contributed by atoms with van der Waals surface area (Å²) < 4.78 is 0. The summed E-state index contributed by atoms with van der Waals surface area (Å²) in [5, 5.41) is 9.56. The van der Waals surface area contributed by atoms with E-state index in [0.717, 1.165) is 12.8 Å². The SMILES string of the molecule is C=C(C)C1CCC(C)[C@@H](O)C1. The third-order valence-corrected chi connectivity index (χ3v) is 2.85. The van der Waals surface area contributed by atoms with Gasteiger partial charge in [0, 0.05) is 0 Å². The number of aliphatic hydroxyl groups is 1. The second kappa shape index (κ2) is 3.40. The minimum atomic E-state index is -0.0922. The van der Waals surface area contributed by atoms with Crippen LogP contribution >= 0.6 is 0 Å². The van der Waals surface area contributed by atoms with Crippen LogP contribution in [0.2, 0.25) is 0 Å². The van der Waals surface area contributed by atoms with Crippen LogP contribution in [0, 0.1) is 11.8 Å². The zero-order valence-electron chi connectivity index (χ0n) is 7.51. The lowest BCUT2D eigenvalue weighted by atomic mass is 9.78. The molecular weight excluding hydrogens is 136 g/mol. The molecule has 0 amide bonds. The van der Waals surface area contributed by atoms with Gasteiger partial charge in [-0.15, -0.1) is 0 Å². The van der Waals surface area contributed by atoms with E-state index >= 15 is 0 Å². The van der Waals surface area contributed by atoms with Crippen molar-refractivity contribution in [2.75, 3.05) is 0 Å². The molecule has 64 valence electrons. The van der Waals surface area contributed by atoms with E-state index in [9.17, 15) is 5.11 Å². The van der Waals surface area contributed by atoms with E-state index in [1.54, 1.807) is 0 Å². The van der Waals surface area contributed by atoms with Crippen molar-refractivity contribution in [1.82, 2.24) is 0 Å². The summed E-state index contributed by atoms with van der Waals surface area (Å²) in [7, 11) is 0. The second-order valence-electron chi connectivity index (χ2n) is 3.90. The fourth-order valence-electron chi connectivity index (χ4n) is 1.75. The lowest BCUT2D eigenvalue weighted by molar-refractivity contribution is 0.0614. The Morgan fingerprint density at radius 2 is 2.09 bits per heavy atom. The molecule has 1 heteroatoms. The molecule has 1 fully saturated rings. The number of hydrogen-bond donors (Lipinski definition) is 1. The van der Waals surface area contributed by atoms with E-state index in [4.69, 9.17) is 0 Å². The predicted molar refractivity (Wildman–Crippen MR) is 47.3 cm³/mol. The molecule has 1 aliphatic rings. The van der Waals surface area contributed by atoms with E-state index in [0.29, 0.717) is 11.8 Å². The van der Waals surface area contributed by atoms with Crippen molar-refractivity contribution in [3.8, 4) is 0 Å². The quantitative estimate of drug-likeness (QED) is 0.575. The van der Waals surface area contributed by atoms with Crippen LogP contribution in [-0.2, 0) is 0 Å². The fourth-order valence-corrected chi connectivity index (χ4v) is 1.75. The topological polar surface area (TPSA) is 20.2 Å². The molecule has 0 saturated heterocycles. The van der Waals surface area contributed by atoms with Gasteiger partial charge in [0.25, 0.3) is 0 Å². The fraction of sp³-hybridized carbons (Fsp3) is 0.800. The molecule has 3 atom stereocenters. The monoisotopic (exact) mass is 154 g/mol. The maximum atomic E-state index is 9.56. The van der Waals surface area contributed by atoms with Gasteiger partial charge in [-0.2, -0.15) is 0 Å². The summed E-state index contributed by atoms with van der Waals surface area (Å²) in [4.78, 5) is 0. The van der Waals surface area contributed by atoms with Crippen LogP contribution in [0.3, 0.4) is 0 Å². The highest BCUT2D eigenvalue weighted by molar-refractivity contribution is 4.99. The van der Waals surface area contributed by atoms with Gasteiger partial charge in [-0.05, 0) is 38.0 Å². The van der Waals surface area contributed by atoms with Gasteiger partial charge in [0.05, 0.1) is 6.10 Å². The largest absolute Gasteiger partial charge is 0.393 e. The lowest BCUT2D eigenvalue weighted by Gasteiger charge is -2.31. The Bertz CT molecular complexity index is 151. The first-order chi connectivity index (χ1) is 5.11. The maximum absolute atomic E-state index is 9.56. The summed E-state index contributed by atoms with van der Waals surface area (Å²) in [5.41, 5.74) is 1.23. The zero-order valence-corrected chi connectivity index (χ0v) is 7.51. The zero-order chi connectivity index (χ0) is 8.43. The van der Waals surface area contributed by atoms with Gasteiger partial charge >= 0.3 is 0 Å². The molecule has 1 rings (SSSR count). The summed E-state index contributed by atoms with van der Waals surface area (Å²) in [5.74, 6) is 1.06. The van der Waals surface area contributed by atoms with Crippen LogP contribution < -0.4 is 0 Å². The summed E-state index contributed by atoms with van der Waals surface area (Å²) in [6.45, 7) is 8.11. The highest BCUT2D eigenvalue weighted by Gasteiger charge is 2.25. The van der Waals surface area contributed by atoms with Crippen molar-refractivity contribution in [1.29, 1.82) is 0 Å². The molecule has 0 radical (unpaired) electrons. The van der Waals surface area contributed by atoms with Crippen LogP contribution in [0.5, 0.6) is 0 Å². The van der Waals surface area contributed by atoms with Crippen molar-refractivity contribution in [2.24, 2.45) is 11.8 Å². The van der Waals surface area contributed by atoms with E-state index < -0.39 is 0 Å². The molecule has 11 heavy (non-hydrogen) atoms. The third kappa shape index (κ3) is 2.06. The summed E-state index contributed by atoms with van der Waals surface area (Å²) in [6.07, 6.45) is 3.20. The van der Waals surface area contributed by atoms with Crippen LogP contribution in [0.4, 0.5) is 0 Å². The Morgan fingerprint density at radius 1 is 1.45 bits per heavy atom. The van der Waals surface area contributed by atoms with E-state index in [1.807, 2.05) is 0 Å². The molecule has 0 bridgehead atoms. The van der Waals surface area contributed by atoms with Crippen molar-refractivity contribution in [3.05, 3.63) is 12.2 Å². The van der Waals surface area contributed by atoms with Gasteiger partial charge in [0.1, 0.15) is 0 Å². The molecular formula is C10H18O. The smallest absolute Gasteiger partial charge is 0.0571 e. The highest BCUT2D eigenvalue weighted by atomic mass is 16.3. The number of hydrogen-bond acceptors (Lipinski definition) is 1. The van der Waals surface area contributed by atoms with Crippen LogP contribution in [0.15, 0.2) is 12.2 Å². The summed E-state index contributed by atoms with van der Waals surface area (Å²) in [6, 6.07) is 0. The molecule has 1 saturated carbocycles. The molecule has 0 aliphatic heterocycles. The van der Waals surface area contributed by atoms with Gasteiger partial charge in [-0.25, -0.2) is 0 Å². The Balaban J connectivity index is 2.46. The molecule has 1 nitrogen and oxygen atoms in total.